The van der Waals surface area contributed by atoms with Gasteiger partial charge in [-0.1, -0.05) is 24.3 Å². The molecule has 180 valence electrons. The molecule has 0 bridgehead atoms. The predicted molar refractivity (Wildman–Crippen MR) is 128 cm³/mol. The van der Waals surface area contributed by atoms with Gasteiger partial charge in [0.15, 0.2) is 0 Å². The Morgan fingerprint density at radius 1 is 1.00 bits per heavy atom. The van der Waals surface area contributed by atoms with Gasteiger partial charge in [-0.15, -0.1) is 0 Å². The summed E-state index contributed by atoms with van der Waals surface area (Å²) in [6, 6.07) is 12.9. The third-order valence-electron chi connectivity index (χ3n) is 7.65. The van der Waals surface area contributed by atoms with Gasteiger partial charge in [-0.2, -0.15) is 0 Å². The molecule has 1 unspecified atom stereocenters. The van der Waals surface area contributed by atoms with E-state index in [0.717, 1.165) is 43.6 Å². The number of nitrogens with zero attached hydrogens (tertiary/aromatic N) is 2. The Morgan fingerprint density at radius 3 is 2.57 bits per heavy atom. The first-order valence-corrected chi connectivity index (χ1v) is 12.2. The van der Waals surface area contributed by atoms with Crippen LogP contribution in [-0.4, -0.2) is 51.6 Å². The first kappa shape index (κ1) is 22.0. The van der Waals surface area contributed by atoms with Crippen molar-refractivity contribution in [2.45, 2.75) is 50.7 Å². The number of benzene rings is 2. The molecule has 3 amide bonds. The Morgan fingerprint density at radius 2 is 1.80 bits per heavy atom. The molecule has 8 heteroatoms. The lowest BCUT2D eigenvalue weighted by atomic mass is 9.87. The van der Waals surface area contributed by atoms with Crippen LogP contribution in [-0.2, 0) is 22.7 Å². The molecule has 2 N–H and O–H groups in total. The van der Waals surface area contributed by atoms with Crippen LogP contribution in [0.2, 0.25) is 0 Å². The third kappa shape index (κ3) is 4.01. The number of hydrogen-bond donors (Lipinski definition) is 2. The van der Waals surface area contributed by atoms with Crippen LogP contribution in [0.15, 0.2) is 42.5 Å². The van der Waals surface area contributed by atoms with E-state index in [1.807, 2.05) is 18.2 Å². The van der Waals surface area contributed by atoms with Gasteiger partial charge >= 0.3 is 0 Å². The highest BCUT2D eigenvalue weighted by Crippen LogP contribution is 2.35. The minimum atomic E-state index is -0.688. The molecular formula is C27H27FN4O3. The number of fused-ring (bicyclic) bond motifs is 2. The van der Waals surface area contributed by atoms with Gasteiger partial charge < -0.3 is 9.88 Å². The largest absolute Gasteiger partial charge is 0.357 e. The highest BCUT2D eigenvalue weighted by atomic mass is 19.1. The van der Waals surface area contributed by atoms with E-state index in [1.165, 1.54) is 22.0 Å². The van der Waals surface area contributed by atoms with E-state index in [-0.39, 0.29) is 36.5 Å². The number of H-pyrrole nitrogens is 1. The number of carbonyl (C=O) groups excluding carboxylic acids is 3. The van der Waals surface area contributed by atoms with E-state index in [1.54, 1.807) is 0 Å². The molecule has 1 aromatic heterocycles. The second kappa shape index (κ2) is 8.61. The second-order valence-corrected chi connectivity index (χ2v) is 9.86. The van der Waals surface area contributed by atoms with Crippen LogP contribution < -0.4 is 5.32 Å². The number of halogens is 1. The molecule has 2 saturated heterocycles. The topological polar surface area (TPSA) is 85.5 Å². The lowest BCUT2D eigenvalue weighted by Gasteiger charge is -2.32. The molecule has 0 aliphatic carbocycles. The monoisotopic (exact) mass is 474 g/mol. The number of nitrogens with one attached hydrogen (secondary N) is 2. The minimum Gasteiger partial charge on any atom is -0.357 e. The van der Waals surface area contributed by atoms with Gasteiger partial charge in [-0.25, -0.2) is 4.39 Å². The zero-order chi connectivity index (χ0) is 24.1. The molecule has 7 nitrogen and oxygen atoms in total. The molecule has 2 aromatic carbocycles. The summed E-state index contributed by atoms with van der Waals surface area (Å²) in [6.45, 7) is 2.85. The van der Waals surface area contributed by atoms with Crippen LogP contribution in [0.25, 0.3) is 10.9 Å². The number of rotatable bonds is 4. The number of aromatic nitrogens is 1. The predicted octanol–water partition coefficient (Wildman–Crippen LogP) is 3.45. The summed E-state index contributed by atoms with van der Waals surface area (Å²) in [7, 11) is 0. The summed E-state index contributed by atoms with van der Waals surface area (Å²) in [4.78, 5) is 44.0. The highest BCUT2D eigenvalue weighted by Gasteiger charge is 2.40. The summed E-state index contributed by atoms with van der Waals surface area (Å²) in [6.07, 6.45) is 2.20. The Bertz CT molecular complexity index is 1310. The van der Waals surface area contributed by atoms with E-state index in [9.17, 15) is 14.4 Å². The van der Waals surface area contributed by atoms with Gasteiger partial charge in [0, 0.05) is 36.3 Å². The summed E-state index contributed by atoms with van der Waals surface area (Å²) >= 11 is 0. The SMILES string of the molecule is O=C1CCC(N2Cc3cc(C4CCN(Cc5cc6ccccc6[nH]5)CC4)c(F)cc3C2=O)C(=O)N1. The number of piperidine rings is 2. The zero-order valence-electron chi connectivity index (χ0n) is 19.4. The fourth-order valence-electron chi connectivity index (χ4n) is 5.78. The van der Waals surface area contributed by atoms with Gasteiger partial charge in [0.2, 0.25) is 11.8 Å². The Hall–Kier alpha value is -3.52. The van der Waals surface area contributed by atoms with Crippen LogP contribution >= 0.6 is 0 Å². The molecule has 35 heavy (non-hydrogen) atoms. The molecule has 3 aromatic rings. The van der Waals surface area contributed by atoms with Gasteiger partial charge in [0.25, 0.3) is 5.91 Å². The first-order valence-electron chi connectivity index (χ1n) is 12.2. The van der Waals surface area contributed by atoms with Crippen molar-refractivity contribution in [3.63, 3.8) is 0 Å². The molecular weight excluding hydrogens is 447 g/mol. The van der Waals surface area contributed by atoms with Crippen molar-refractivity contribution in [1.29, 1.82) is 0 Å². The number of hydrogen-bond acceptors (Lipinski definition) is 4. The van der Waals surface area contributed by atoms with Crippen LogP contribution in [0.5, 0.6) is 0 Å². The quantitative estimate of drug-likeness (QED) is 0.568. The fraction of sp³-hybridized carbons (Fsp3) is 0.370. The molecule has 0 radical (unpaired) electrons. The number of likely N-dealkylation sites (tertiary alicyclic amines) is 1. The molecule has 3 aliphatic heterocycles. The van der Waals surface area contributed by atoms with E-state index in [0.29, 0.717) is 17.5 Å². The van der Waals surface area contributed by atoms with Gasteiger partial charge in [-0.05, 0) is 73.0 Å². The fourth-order valence-corrected chi connectivity index (χ4v) is 5.78. The van der Waals surface area contributed by atoms with E-state index in [2.05, 4.69) is 33.4 Å². The summed E-state index contributed by atoms with van der Waals surface area (Å²) in [5.74, 6) is -1.37. The van der Waals surface area contributed by atoms with E-state index < -0.39 is 11.9 Å². The first-order chi connectivity index (χ1) is 17.0. The number of imide groups is 1. The number of carbonyl (C=O) groups is 3. The maximum absolute atomic E-state index is 15.1. The average Bonchev–Trinajstić information content (AvgIpc) is 3.39. The third-order valence-corrected chi connectivity index (χ3v) is 7.65. The standard InChI is InChI=1S/C27H27FN4O3/c28-22-13-21-18(14-32(27(21)35)24-5-6-25(33)30-26(24)34)12-20(22)16-7-9-31(10-8-16)15-19-11-17-3-1-2-4-23(17)29-19/h1-4,11-13,16,24,29H,5-10,14-15H2,(H,30,33,34). The van der Waals surface area contributed by atoms with Crippen molar-refractivity contribution in [2.75, 3.05) is 13.1 Å². The van der Waals surface area contributed by atoms with E-state index in [4.69, 9.17) is 0 Å². The van der Waals surface area contributed by atoms with Crippen LogP contribution in [0.3, 0.4) is 0 Å². The number of aromatic amines is 1. The molecule has 0 spiro atoms. The van der Waals surface area contributed by atoms with Crippen molar-refractivity contribution in [1.82, 2.24) is 20.1 Å². The molecule has 1 atom stereocenters. The van der Waals surface area contributed by atoms with Crippen molar-refractivity contribution >= 4 is 28.6 Å². The minimum absolute atomic E-state index is 0.0963. The smallest absolute Gasteiger partial charge is 0.255 e. The lowest BCUT2D eigenvalue weighted by Crippen LogP contribution is -2.52. The molecule has 2 fully saturated rings. The van der Waals surface area contributed by atoms with E-state index >= 15 is 4.39 Å². The lowest BCUT2D eigenvalue weighted by molar-refractivity contribution is -0.136. The Labute approximate surface area is 202 Å². The molecule has 4 heterocycles. The van der Waals surface area contributed by atoms with Gasteiger partial charge in [-0.3, -0.25) is 24.6 Å². The average molecular weight is 475 g/mol. The number of para-hydroxylation sites is 1. The van der Waals surface area contributed by atoms with Gasteiger partial charge in [0.05, 0.1) is 0 Å². The summed E-state index contributed by atoms with van der Waals surface area (Å²) in [5, 5.41) is 3.51. The molecule has 6 rings (SSSR count). The van der Waals surface area contributed by atoms with Crippen molar-refractivity contribution in [3.8, 4) is 0 Å². The van der Waals surface area contributed by atoms with Crippen LogP contribution in [0.4, 0.5) is 4.39 Å². The van der Waals surface area contributed by atoms with Crippen molar-refractivity contribution < 1.29 is 18.8 Å². The normalized spacial score (nSPS) is 21.6. The summed E-state index contributed by atoms with van der Waals surface area (Å²) in [5.41, 5.74) is 4.06. The van der Waals surface area contributed by atoms with Gasteiger partial charge in [0.1, 0.15) is 11.9 Å². The van der Waals surface area contributed by atoms with Crippen LogP contribution in [0, 0.1) is 5.82 Å². The maximum atomic E-state index is 15.1. The summed E-state index contributed by atoms with van der Waals surface area (Å²) < 4.78 is 15.1. The second-order valence-electron chi connectivity index (χ2n) is 9.86. The van der Waals surface area contributed by atoms with Crippen molar-refractivity contribution in [3.05, 3.63) is 70.7 Å². The zero-order valence-corrected chi connectivity index (χ0v) is 19.4. The van der Waals surface area contributed by atoms with Crippen molar-refractivity contribution in [2.24, 2.45) is 0 Å². The Kier molecular flexibility index (Phi) is 5.40. The maximum Gasteiger partial charge on any atom is 0.255 e. The Balaban J connectivity index is 1.13. The molecule has 0 saturated carbocycles. The van der Waals surface area contributed by atoms with Crippen LogP contribution in [0.1, 0.15) is 58.8 Å². The highest BCUT2D eigenvalue weighted by molar-refractivity contribution is 6.05. The number of amides is 3. The molecule has 3 aliphatic rings.